The van der Waals surface area contributed by atoms with Gasteiger partial charge in [0.25, 0.3) is 0 Å². The maximum absolute atomic E-state index is 12.8. The third-order valence-electron chi connectivity index (χ3n) is 6.18. The first-order chi connectivity index (χ1) is 12.7. The summed E-state index contributed by atoms with van der Waals surface area (Å²) in [6.07, 6.45) is 7.21. The molecule has 0 radical (unpaired) electrons. The van der Waals surface area contributed by atoms with Crippen LogP contribution < -0.4 is 11.1 Å². The van der Waals surface area contributed by atoms with Gasteiger partial charge >= 0.3 is 0 Å². The molecule has 0 aliphatic carbocycles. The summed E-state index contributed by atoms with van der Waals surface area (Å²) in [5, 5.41) is 11.5. The second-order valence-corrected chi connectivity index (χ2v) is 7.85. The van der Waals surface area contributed by atoms with E-state index in [0.717, 1.165) is 67.3 Å². The Morgan fingerprint density at radius 3 is 2.69 bits per heavy atom. The molecule has 4 rings (SSSR count). The highest BCUT2D eigenvalue weighted by Gasteiger charge is 2.30. The van der Waals surface area contributed by atoms with E-state index in [1.807, 2.05) is 17.0 Å². The highest BCUT2D eigenvalue weighted by Crippen LogP contribution is 2.31. The SMILES string of the molecule is NC(Cc1ccc2[nH]ncc2c1)C(=O)N1CCC(C2CCNCC2)CC1. The third-order valence-corrected chi connectivity index (χ3v) is 6.18. The molecule has 0 spiro atoms. The number of carbonyl (C=O) groups is 1. The molecule has 1 atom stereocenters. The number of aromatic amines is 1. The molecule has 6 nitrogen and oxygen atoms in total. The zero-order valence-electron chi connectivity index (χ0n) is 15.3. The first kappa shape index (κ1) is 17.5. The smallest absolute Gasteiger partial charge is 0.239 e. The lowest BCUT2D eigenvalue weighted by atomic mass is 9.79. The van der Waals surface area contributed by atoms with Gasteiger partial charge in [0.15, 0.2) is 0 Å². The number of amides is 1. The number of fused-ring (bicyclic) bond motifs is 1. The van der Waals surface area contributed by atoms with Crippen LogP contribution >= 0.6 is 0 Å². The summed E-state index contributed by atoms with van der Waals surface area (Å²) in [5.74, 6) is 1.71. The lowest BCUT2D eigenvalue weighted by Gasteiger charge is -2.38. The monoisotopic (exact) mass is 355 g/mol. The molecular weight excluding hydrogens is 326 g/mol. The number of nitrogens with one attached hydrogen (secondary N) is 2. The van der Waals surface area contributed by atoms with E-state index in [0.29, 0.717) is 6.42 Å². The van der Waals surface area contributed by atoms with E-state index >= 15 is 0 Å². The normalized spacial score (nSPS) is 21.2. The van der Waals surface area contributed by atoms with Crippen LogP contribution in [-0.2, 0) is 11.2 Å². The molecular formula is C20H29N5O. The van der Waals surface area contributed by atoms with Gasteiger partial charge in [-0.15, -0.1) is 0 Å². The fourth-order valence-electron chi connectivity index (χ4n) is 4.60. The Bertz CT molecular complexity index is 743. The highest BCUT2D eigenvalue weighted by atomic mass is 16.2. The first-order valence-electron chi connectivity index (χ1n) is 9.88. The minimum Gasteiger partial charge on any atom is -0.341 e. The summed E-state index contributed by atoms with van der Waals surface area (Å²) < 4.78 is 0. The first-order valence-corrected chi connectivity index (χ1v) is 9.88. The number of H-pyrrole nitrogens is 1. The van der Waals surface area contributed by atoms with E-state index in [4.69, 9.17) is 5.73 Å². The molecule has 26 heavy (non-hydrogen) atoms. The highest BCUT2D eigenvalue weighted by molar-refractivity contribution is 5.83. The standard InChI is InChI=1S/C20H29N5O/c21-18(12-14-1-2-19-17(11-14)13-23-24-19)20(26)25-9-5-16(6-10-25)15-3-7-22-8-4-15/h1-2,11,13,15-16,18,22H,3-10,12,21H2,(H,23,24). The molecule has 2 aliphatic heterocycles. The van der Waals surface area contributed by atoms with Crippen LogP contribution in [0.2, 0.25) is 0 Å². The number of hydrogen-bond acceptors (Lipinski definition) is 4. The van der Waals surface area contributed by atoms with Crippen molar-refractivity contribution in [3.63, 3.8) is 0 Å². The molecule has 0 saturated carbocycles. The quantitative estimate of drug-likeness (QED) is 0.779. The van der Waals surface area contributed by atoms with Gasteiger partial charge in [-0.25, -0.2) is 0 Å². The lowest BCUT2D eigenvalue weighted by Crippen LogP contribution is -2.49. The van der Waals surface area contributed by atoms with E-state index in [1.165, 1.54) is 12.8 Å². The Labute approximate surface area is 154 Å². The van der Waals surface area contributed by atoms with Crippen molar-refractivity contribution in [3.8, 4) is 0 Å². The number of hydrogen-bond donors (Lipinski definition) is 3. The van der Waals surface area contributed by atoms with E-state index in [1.54, 1.807) is 6.20 Å². The number of carbonyl (C=O) groups excluding carboxylic acids is 1. The molecule has 1 aromatic carbocycles. The van der Waals surface area contributed by atoms with E-state index < -0.39 is 6.04 Å². The molecule has 140 valence electrons. The molecule has 1 amide bonds. The molecule has 2 fully saturated rings. The van der Waals surface area contributed by atoms with Gasteiger partial charge in [0, 0.05) is 18.5 Å². The maximum Gasteiger partial charge on any atom is 0.239 e. The van der Waals surface area contributed by atoms with Crippen LogP contribution in [0.15, 0.2) is 24.4 Å². The van der Waals surface area contributed by atoms with Gasteiger partial charge < -0.3 is 16.0 Å². The Morgan fingerprint density at radius 2 is 1.92 bits per heavy atom. The second kappa shape index (κ2) is 7.76. The number of likely N-dealkylation sites (tertiary alicyclic amines) is 1. The summed E-state index contributed by atoms with van der Waals surface area (Å²) in [6.45, 7) is 4.02. The van der Waals surface area contributed by atoms with E-state index in [2.05, 4.69) is 21.6 Å². The Kier molecular flexibility index (Phi) is 5.22. The molecule has 6 heteroatoms. The van der Waals surface area contributed by atoms with Gasteiger partial charge in [0.1, 0.15) is 0 Å². The van der Waals surface area contributed by atoms with Crippen molar-refractivity contribution in [1.29, 1.82) is 0 Å². The van der Waals surface area contributed by atoms with Crippen LogP contribution in [0.4, 0.5) is 0 Å². The Hall–Kier alpha value is -1.92. The molecule has 4 N–H and O–H groups in total. The Balaban J connectivity index is 1.31. The van der Waals surface area contributed by atoms with Gasteiger partial charge in [0.2, 0.25) is 5.91 Å². The molecule has 2 aliphatic rings. The van der Waals surface area contributed by atoms with Crippen molar-refractivity contribution in [2.75, 3.05) is 26.2 Å². The van der Waals surface area contributed by atoms with Gasteiger partial charge in [-0.3, -0.25) is 9.89 Å². The zero-order valence-corrected chi connectivity index (χ0v) is 15.3. The summed E-state index contributed by atoms with van der Waals surface area (Å²) >= 11 is 0. The predicted octanol–water partition coefficient (Wildman–Crippen LogP) is 1.67. The fourth-order valence-corrected chi connectivity index (χ4v) is 4.60. The second-order valence-electron chi connectivity index (χ2n) is 7.85. The predicted molar refractivity (Wildman–Crippen MR) is 103 cm³/mol. The number of rotatable bonds is 4. The average molecular weight is 355 g/mol. The van der Waals surface area contributed by atoms with Crippen LogP contribution in [0, 0.1) is 11.8 Å². The molecule has 0 bridgehead atoms. The van der Waals surface area contributed by atoms with Crippen LogP contribution in [0.5, 0.6) is 0 Å². The molecule has 2 aromatic rings. The van der Waals surface area contributed by atoms with Crippen molar-refractivity contribution >= 4 is 16.8 Å². The number of aromatic nitrogens is 2. The summed E-state index contributed by atoms with van der Waals surface area (Å²) in [7, 11) is 0. The molecule has 2 saturated heterocycles. The molecule has 1 unspecified atom stereocenters. The number of benzene rings is 1. The van der Waals surface area contributed by atoms with Crippen molar-refractivity contribution in [3.05, 3.63) is 30.0 Å². The van der Waals surface area contributed by atoms with Crippen molar-refractivity contribution in [1.82, 2.24) is 20.4 Å². The van der Waals surface area contributed by atoms with Crippen LogP contribution in [-0.4, -0.2) is 53.2 Å². The lowest BCUT2D eigenvalue weighted by molar-refractivity contribution is -0.134. The largest absolute Gasteiger partial charge is 0.341 e. The van der Waals surface area contributed by atoms with Gasteiger partial charge in [-0.1, -0.05) is 6.07 Å². The molecule has 1 aromatic heterocycles. The summed E-state index contributed by atoms with van der Waals surface area (Å²) in [5.41, 5.74) is 8.35. The van der Waals surface area contributed by atoms with E-state index in [-0.39, 0.29) is 5.91 Å². The number of piperidine rings is 2. The average Bonchev–Trinajstić information content (AvgIpc) is 3.16. The topological polar surface area (TPSA) is 87.0 Å². The van der Waals surface area contributed by atoms with Crippen LogP contribution in [0.1, 0.15) is 31.2 Å². The van der Waals surface area contributed by atoms with Gasteiger partial charge in [-0.2, -0.15) is 5.10 Å². The van der Waals surface area contributed by atoms with E-state index in [9.17, 15) is 4.79 Å². The van der Waals surface area contributed by atoms with Crippen molar-refractivity contribution in [2.45, 2.75) is 38.1 Å². The summed E-state index contributed by atoms with van der Waals surface area (Å²) in [4.78, 5) is 14.8. The minimum atomic E-state index is -0.463. The van der Waals surface area contributed by atoms with Crippen molar-refractivity contribution in [2.24, 2.45) is 17.6 Å². The van der Waals surface area contributed by atoms with Crippen LogP contribution in [0.25, 0.3) is 10.9 Å². The third kappa shape index (κ3) is 3.76. The van der Waals surface area contributed by atoms with Gasteiger partial charge in [0.05, 0.1) is 17.8 Å². The summed E-state index contributed by atoms with van der Waals surface area (Å²) in [6, 6.07) is 5.63. The van der Waals surface area contributed by atoms with Gasteiger partial charge in [-0.05, 0) is 74.7 Å². The minimum absolute atomic E-state index is 0.0982. The number of nitrogens with two attached hydrogens (primary N) is 1. The molecule has 3 heterocycles. The van der Waals surface area contributed by atoms with Crippen LogP contribution in [0.3, 0.4) is 0 Å². The Morgan fingerprint density at radius 1 is 1.19 bits per heavy atom. The maximum atomic E-state index is 12.8. The number of nitrogens with zero attached hydrogens (tertiary/aromatic N) is 2. The van der Waals surface area contributed by atoms with Crippen molar-refractivity contribution < 1.29 is 4.79 Å². The fraction of sp³-hybridized carbons (Fsp3) is 0.600. The zero-order chi connectivity index (χ0) is 17.9.